The highest BCUT2D eigenvalue weighted by Gasteiger charge is 2.38. The number of ether oxygens (including phenoxy) is 1. The highest BCUT2D eigenvalue weighted by molar-refractivity contribution is 8.14. The Labute approximate surface area is 115 Å². The zero-order valence-electron chi connectivity index (χ0n) is 10.7. The lowest BCUT2D eigenvalue weighted by atomic mass is 10.1. The minimum Gasteiger partial charge on any atom is -0.507 e. The van der Waals surface area contributed by atoms with Crippen molar-refractivity contribution in [3.05, 3.63) is 23.8 Å². The topological polar surface area (TPSA) is 79.1 Å². The molecular weight excluding hydrogens is 266 g/mol. The first-order valence-electron chi connectivity index (χ1n) is 5.88. The fourth-order valence-corrected chi connectivity index (χ4v) is 2.89. The molecule has 0 spiro atoms. The third kappa shape index (κ3) is 2.68. The molecule has 5 nitrogen and oxygen atoms in total. The Morgan fingerprint density at radius 2 is 2.32 bits per heavy atom. The number of aliphatic carboxylic acids is 1. The molecule has 0 saturated heterocycles. The lowest BCUT2D eigenvalue weighted by molar-refractivity contribution is -0.141. The van der Waals surface area contributed by atoms with Crippen LogP contribution in [-0.2, 0) is 4.79 Å². The number of hydrogen-bond donors (Lipinski definition) is 2. The number of phenols is 1. The second kappa shape index (κ2) is 5.13. The molecule has 1 aromatic rings. The Morgan fingerprint density at radius 1 is 1.58 bits per heavy atom. The van der Waals surface area contributed by atoms with E-state index in [4.69, 9.17) is 9.84 Å². The Morgan fingerprint density at radius 3 is 2.84 bits per heavy atom. The Kier molecular flexibility index (Phi) is 3.71. The molecule has 0 aliphatic carbocycles. The largest absolute Gasteiger partial charge is 0.507 e. The smallest absolute Gasteiger partial charge is 0.332 e. The molecular formula is C13H15NO4S. The van der Waals surface area contributed by atoms with Crippen LogP contribution in [0.2, 0.25) is 0 Å². The van der Waals surface area contributed by atoms with Gasteiger partial charge in [0.15, 0.2) is 5.54 Å². The van der Waals surface area contributed by atoms with Crippen LogP contribution in [0.25, 0.3) is 0 Å². The van der Waals surface area contributed by atoms with Crippen molar-refractivity contribution >= 4 is 22.8 Å². The third-order valence-electron chi connectivity index (χ3n) is 2.81. The summed E-state index contributed by atoms with van der Waals surface area (Å²) in [5, 5.41) is 19.6. The van der Waals surface area contributed by atoms with Crippen molar-refractivity contribution in [2.45, 2.75) is 19.4 Å². The Balaban J connectivity index is 2.31. The number of hydrogen-bond acceptors (Lipinski definition) is 5. The number of nitrogens with zero attached hydrogens (tertiary/aromatic N) is 1. The van der Waals surface area contributed by atoms with Crippen LogP contribution in [0.15, 0.2) is 23.2 Å². The lowest BCUT2D eigenvalue weighted by Gasteiger charge is -2.11. The highest BCUT2D eigenvalue weighted by Crippen LogP contribution is 2.35. The van der Waals surface area contributed by atoms with Gasteiger partial charge in [-0.05, 0) is 26.0 Å². The van der Waals surface area contributed by atoms with E-state index < -0.39 is 11.5 Å². The van der Waals surface area contributed by atoms with Gasteiger partial charge in [-0.3, -0.25) is 4.99 Å². The maximum atomic E-state index is 11.1. The van der Waals surface area contributed by atoms with Gasteiger partial charge in [0.2, 0.25) is 0 Å². The summed E-state index contributed by atoms with van der Waals surface area (Å²) >= 11 is 1.33. The summed E-state index contributed by atoms with van der Waals surface area (Å²) in [5.41, 5.74) is -0.580. The van der Waals surface area contributed by atoms with Crippen LogP contribution < -0.4 is 4.74 Å². The van der Waals surface area contributed by atoms with Crippen molar-refractivity contribution < 1.29 is 19.7 Å². The summed E-state index contributed by atoms with van der Waals surface area (Å²) in [6.07, 6.45) is 0. The first kappa shape index (κ1) is 13.7. The van der Waals surface area contributed by atoms with E-state index in [1.54, 1.807) is 19.1 Å². The maximum absolute atomic E-state index is 11.1. The fraction of sp³-hybridized carbons (Fsp3) is 0.385. The van der Waals surface area contributed by atoms with E-state index in [1.165, 1.54) is 17.8 Å². The molecule has 0 saturated carbocycles. The molecule has 2 rings (SSSR count). The van der Waals surface area contributed by atoms with Gasteiger partial charge in [0, 0.05) is 17.4 Å². The fourth-order valence-electron chi connectivity index (χ4n) is 1.69. The number of phenolic OH excluding ortho intramolecular Hbond substituents is 1. The van der Waals surface area contributed by atoms with E-state index in [0.29, 0.717) is 28.7 Å². The minimum atomic E-state index is -1.12. The molecule has 1 aromatic carbocycles. The molecule has 0 unspecified atom stereocenters. The predicted molar refractivity (Wildman–Crippen MR) is 74.3 cm³/mol. The van der Waals surface area contributed by atoms with E-state index in [9.17, 15) is 9.90 Å². The number of thioether (sulfide) groups is 1. The zero-order valence-corrected chi connectivity index (χ0v) is 11.5. The van der Waals surface area contributed by atoms with Crippen LogP contribution in [-0.4, -0.2) is 39.1 Å². The average molecular weight is 281 g/mol. The van der Waals surface area contributed by atoms with Gasteiger partial charge < -0.3 is 14.9 Å². The summed E-state index contributed by atoms with van der Waals surface area (Å²) < 4.78 is 5.28. The number of carbonyl (C=O) groups is 1. The van der Waals surface area contributed by atoms with Gasteiger partial charge in [0.1, 0.15) is 16.5 Å². The maximum Gasteiger partial charge on any atom is 0.332 e. The van der Waals surface area contributed by atoms with Gasteiger partial charge in [-0.2, -0.15) is 0 Å². The molecule has 0 bridgehead atoms. The van der Waals surface area contributed by atoms with Gasteiger partial charge in [-0.1, -0.05) is 0 Å². The van der Waals surface area contributed by atoms with Crippen molar-refractivity contribution in [3.63, 3.8) is 0 Å². The van der Waals surface area contributed by atoms with E-state index in [1.807, 2.05) is 6.92 Å². The quantitative estimate of drug-likeness (QED) is 0.883. The first-order chi connectivity index (χ1) is 8.96. The SMILES string of the molecule is CCOc1ccc(C2=N[C@@](C)(C(=O)O)CS2)c(O)c1. The Hall–Kier alpha value is -1.69. The van der Waals surface area contributed by atoms with Crippen LogP contribution in [0, 0.1) is 0 Å². The average Bonchev–Trinajstić information content (AvgIpc) is 2.74. The Bertz CT molecular complexity index is 543. The molecule has 1 atom stereocenters. The summed E-state index contributed by atoms with van der Waals surface area (Å²) in [4.78, 5) is 15.3. The second-order valence-electron chi connectivity index (χ2n) is 4.40. The molecule has 19 heavy (non-hydrogen) atoms. The van der Waals surface area contributed by atoms with Crippen LogP contribution >= 0.6 is 11.8 Å². The summed E-state index contributed by atoms with van der Waals surface area (Å²) in [6, 6.07) is 4.94. The summed E-state index contributed by atoms with van der Waals surface area (Å²) in [7, 11) is 0. The van der Waals surface area contributed by atoms with Gasteiger partial charge in [0.05, 0.1) is 6.61 Å². The monoisotopic (exact) mass is 281 g/mol. The number of carboxylic acid groups (broad SMARTS) is 1. The first-order valence-corrected chi connectivity index (χ1v) is 6.87. The van der Waals surface area contributed by atoms with E-state index in [-0.39, 0.29) is 5.75 Å². The van der Waals surface area contributed by atoms with Crippen LogP contribution in [0.3, 0.4) is 0 Å². The normalized spacial score (nSPS) is 22.1. The number of rotatable bonds is 4. The summed E-state index contributed by atoms with van der Waals surface area (Å²) in [6.45, 7) is 3.95. The second-order valence-corrected chi connectivity index (χ2v) is 5.36. The van der Waals surface area contributed by atoms with Crippen LogP contribution in [0.1, 0.15) is 19.4 Å². The standard InChI is InChI=1S/C13H15NO4S/c1-3-18-8-4-5-9(10(15)6-8)11-14-13(2,7-19-11)12(16)17/h4-6,15H,3,7H2,1-2H3,(H,16,17)/t13-/m1/s1. The van der Waals surface area contributed by atoms with E-state index >= 15 is 0 Å². The zero-order chi connectivity index (χ0) is 14.0. The van der Waals surface area contributed by atoms with Crippen molar-refractivity contribution in [2.75, 3.05) is 12.4 Å². The molecule has 1 aliphatic rings. The molecule has 0 radical (unpaired) electrons. The molecule has 102 valence electrons. The number of carboxylic acids is 1. The van der Waals surface area contributed by atoms with E-state index in [0.717, 1.165) is 0 Å². The number of aromatic hydroxyl groups is 1. The van der Waals surface area contributed by atoms with Gasteiger partial charge in [-0.15, -0.1) is 11.8 Å². The van der Waals surface area contributed by atoms with E-state index in [2.05, 4.69) is 4.99 Å². The molecule has 0 fully saturated rings. The van der Waals surface area contributed by atoms with Crippen molar-refractivity contribution in [2.24, 2.45) is 4.99 Å². The van der Waals surface area contributed by atoms with Crippen molar-refractivity contribution in [1.82, 2.24) is 0 Å². The minimum absolute atomic E-state index is 0.0480. The molecule has 6 heteroatoms. The lowest BCUT2D eigenvalue weighted by Crippen LogP contribution is -2.33. The van der Waals surface area contributed by atoms with Gasteiger partial charge >= 0.3 is 5.97 Å². The highest BCUT2D eigenvalue weighted by atomic mass is 32.2. The van der Waals surface area contributed by atoms with Crippen LogP contribution in [0.4, 0.5) is 0 Å². The molecule has 2 N–H and O–H groups in total. The third-order valence-corrected chi connectivity index (χ3v) is 4.10. The molecule has 1 aliphatic heterocycles. The molecule has 0 aromatic heterocycles. The molecule has 0 amide bonds. The molecule has 1 heterocycles. The van der Waals surface area contributed by atoms with Gasteiger partial charge in [-0.25, -0.2) is 4.79 Å². The predicted octanol–water partition coefficient (Wildman–Crippen LogP) is 2.13. The van der Waals surface area contributed by atoms with Gasteiger partial charge in [0.25, 0.3) is 0 Å². The number of benzene rings is 1. The van der Waals surface area contributed by atoms with Crippen molar-refractivity contribution in [1.29, 1.82) is 0 Å². The van der Waals surface area contributed by atoms with Crippen LogP contribution in [0.5, 0.6) is 11.5 Å². The summed E-state index contributed by atoms with van der Waals surface area (Å²) in [5.74, 6) is 0.0326. The number of aliphatic imine (C=N–C) groups is 1. The van der Waals surface area contributed by atoms with Crippen molar-refractivity contribution in [3.8, 4) is 11.5 Å².